The van der Waals surface area contributed by atoms with E-state index in [4.69, 9.17) is 25.8 Å². The van der Waals surface area contributed by atoms with Crippen molar-refractivity contribution in [2.24, 2.45) is 10.4 Å². The van der Waals surface area contributed by atoms with Crippen molar-refractivity contribution in [3.8, 4) is 11.5 Å². The number of aliphatic imine (C=N–C) groups is 1. The summed E-state index contributed by atoms with van der Waals surface area (Å²) in [5.74, 6) is -2.15. The van der Waals surface area contributed by atoms with E-state index in [9.17, 15) is 8.78 Å². The third-order valence-corrected chi connectivity index (χ3v) is 5.17. The third-order valence-electron chi connectivity index (χ3n) is 4.88. The Morgan fingerprint density at radius 3 is 2.72 bits per heavy atom. The molecule has 2 aromatic heterocycles. The van der Waals surface area contributed by atoms with Crippen LogP contribution in [0.3, 0.4) is 0 Å². The minimum atomic E-state index is -0.893. The first kappa shape index (κ1) is 22.3. The first-order chi connectivity index (χ1) is 15.2. The molecule has 0 bridgehead atoms. The molecule has 1 aromatic carbocycles. The molecule has 0 saturated heterocycles. The Balaban J connectivity index is 1.49. The van der Waals surface area contributed by atoms with Crippen LogP contribution < -0.4 is 10.1 Å². The summed E-state index contributed by atoms with van der Waals surface area (Å²) in [7, 11) is 0. The smallest absolute Gasteiger partial charge is 0.289 e. The van der Waals surface area contributed by atoms with Crippen LogP contribution in [0.1, 0.15) is 20.8 Å². The van der Waals surface area contributed by atoms with Crippen LogP contribution in [0.5, 0.6) is 11.5 Å². The number of benzene rings is 1. The maximum Gasteiger partial charge on any atom is 0.289 e. The Bertz CT molecular complexity index is 1140. The average molecular weight is 465 g/mol. The predicted molar refractivity (Wildman–Crippen MR) is 119 cm³/mol. The van der Waals surface area contributed by atoms with Crippen LogP contribution in [-0.2, 0) is 9.47 Å². The lowest BCUT2D eigenvalue weighted by Crippen LogP contribution is -2.39. The number of aromatic nitrogens is 2. The van der Waals surface area contributed by atoms with Crippen molar-refractivity contribution < 1.29 is 23.0 Å². The monoisotopic (exact) mass is 464 g/mol. The largest absolute Gasteiger partial charge is 0.464 e. The maximum absolute atomic E-state index is 14.7. The number of rotatable bonds is 6. The lowest BCUT2D eigenvalue weighted by atomic mass is 9.92. The molecule has 3 heterocycles. The number of anilines is 1. The number of hydrogen-bond acceptors (Lipinski definition) is 6. The van der Waals surface area contributed by atoms with Gasteiger partial charge < -0.3 is 24.5 Å². The highest BCUT2D eigenvalue weighted by atomic mass is 35.5. The molecule has 1 aliphatic heterocycles. The van der Waals surface area contributed by atoms with Crippen molar-refractivity contribution in [3.05, 3.63) is 47.2 Å². The fourth-order valence-electron chi connectivity index (χ4n) is 3.16. The van der Waals surface area contributed by atoms with E-state index in [1.807, 2.05) is 20.8 Å². The van der Waals surface area contributed by atoms with Gasteiger partial charge in [-0.1, -0.05) is 18.5 Å². The highest BCUT2D eigenvalue weighted by Gasteiger charge is 2.30. The molecule has 4 rings (SSSR count). The standard InChI is InChI=1S/C22H23ClF2N4O3/c1-12(2)30-10-22(3)9-28-21(31-11-22)29-13-6-15(24)19(16(25)7-13)32-17-4-5-26-20-18(17)14(23)8-27-20/h4-8,12H,9-11H2,1-3H3,(H,26,27)(H,28,29)/t22-/m1/s1. The zero-order chi connectivity index (χ0) is 22.9. The molecule has 0 amide bonds. The van der Waals surface area contributed by atoms with Gasteiger partial charge in [-0.25, -0.2) is 18.8 Å². The van der Waals surface area contributed by atoms with Crippen LogP contribution in [0.4, 0.5) is 14.5 Å². The number of nitrogens with zero attached hydrogens (tertiary/aromatic N) is 2. The second-order valence-corrected chi connectivity index (χ2v) is 8.65. The summed E-state index contributed by atoms with van der Waals surface area (Å²) < 4.78 is 46.3. The van der Waals surface area contributed by atoms with E-state index in [0.717, 1.165) is 12.1 Å². The summed E-state index contributed by atoms with van der Waals surface area (Å²) in [6.07, 6.45) is 3.09. The lowest BCUT2D eigenvalue weighted by Gasteiger charge is -2.32. The zero-order valence-electron chi connectivity index (χ0n) is 17.8. The summed E-state index contributed by atoms with van der Waals surface area (Å²) in [5.41, 5.74) is 0.330. The Morgan fingerprint density at radius 1 is 1.31 bits per heavy atom. The Kier molecular flexibility index (Phi) is 6.21. The molecule has 170 valence electrons. The van der Waals surface area contributed by atoms with Gasteiger partial charge in [0, 0.05) is 35.6 Å². The van der Waals surface area contributed by atoms with E-state index >= 15 is 0 Å². The minimum absolute atomic E-state index is 0.110. The second kappa shape index (κ2) is 8.91. The highest BCUT2D eigenvalue weighted by Crippen LogP contribution is 2.36. The molecule has 3 aromatic rings. The Hall–Kier alpha value is -2.91. The van der Waals surface area contributed by atoms with Crippen LogP contribution in [0.15, 0.2) is 35.6 Å². The van der Waals surface area contributed by atoms with E-state index in [1.165, 1.54) is 18.5 Å². The third kappa shape index (κ3) is 4.78. The van der Waals surface area contributed by atoms with Gasteiger partial charge in [-0.3, -0.25) is 0 Å². The van der Waals surface area contributed by atoms with E-state index in [1.54, 1.807) is 0 Å². The molecule has 0 aliphatic carbocycles. The molecular formula is C22H23ClF2N4O3. The van der Waals surface area contributed by atoms with Crippen molar-refractivity contribution in [3.63, 3.8) is 0 Å². The van der Waals surface area contributed by atoms with Gasteiger partial charge in [0.2, 0.25) is 0 Å². The van der Waals surface area contributed by atoms with Gasteiger partial charge in [-0.05, 0) is 19.9 Å². The van der Waals surface area contributed by atoms with Crippen molar-refractivity contribution in [1.82, 2.24) is 9.97 Å². The number of pyridine rings is 1. The van der Waals surface area contributed by atoms with E-state index in [-0.39, 0.29) is 29.0 Å². The number of fused-ring (bicyclic) bond motifs is 1. The van der Waals surface area contributed by atoms with Gasteiger partial charge in [0.25, 0.3) is 6.02 Å². The quantitative estimate of drug-likeness (QED) is 0.502. The van der Waals surface area contributed by atoms with Crippen molar-refractivity contribution in [1.29, 1.82) is 0 Å². The number of aromatic amines is 1. The lowest BCUT2D eigenvalue weighted by molar-refractivity contribution is -0.00975. The molecule has 7 nitrogen and oxygen atoms in total. The number of halogens is 3. The van der Waals surface area contributed by atoms with Gasteiger partial charge >= 0.3 is 0 Å². The molecule has 0 radical (unpaired) electrons. The first-order valence-electron chi connectivity index (χ1n) is 10.1. The Morgan fingerprint density at radius 2 is 2.06 bits per heavy atom. The maximum atomic E-state index is 14.7. The molecule has 0 saturated carbocycles. The number of nitrogens with one attached hydrogen (secondary N) is 2. The van der Waals surface area contributed by atoms with Gasteiger partial charge in [0.1, 0.15) is 18.0 Å². The van der Waals surface area contributed by atoms with Crippen LogP contribution >= 0.6 is 11.6 Å². The summed E-state index contributed by atoms with van der Waals surface area (Å²) in [4.78, 5) is 11.3. The molecule has 32 heavy (non-hydrogen) atoms. The van der Waals surface area contributed by atoms with Gasteiger partial charge in [-0.2, -0.15) is 0 Å². The summed E-state index contributed by atoms with van der Waals surface area (Å²) in [6.45, 7) is 7.27. The van der Waals surface area contributed by atoms with Crippen LogP contribution in [0, 0.1) is 17.0 Å². The topological polar surface area (TPSA) is 80.8 Å². The van der Waals surface area contributed by atoms with Crippen molar-refractivity contribution in [2.45, 2.75) is 26.9 Å². The number of amidine groups is 1. The van der Waals surface area contributed by atoms with Crippen molar-refractivity contribution in [2.75, 3.05) is 25.1 Å². The van der Waals surface area contributed by atoms with E-state index in [2.05, 4.69) is 20.3 Å². The van der Waals surface area contributed by atoms with Gasteiger partial charge in [0.15, 0.2) is 17.4 Å². The molecule has 1 atom stereocenters. The van der Waals surface area contributed by atoms with E-state index in [0.29, 0.717) is 35.8 Å². The fraction of sp³-hybridized carbons (Fsp3) is 0.364. The molecule has 0 unspecified atom stereocenters. The second-order valence-electron chi connectivity index (χ2n) is 8.25. The first-order valence-corrected chi connectivity index (χ1v) is 10.5. The number of H-pyrrole nitrogens is 1. The molecular weight excluding hydrogens is 442 g/mol. The Labute approximate surface area is 188 Å². The van der Waals surface area contributed by atoms with Crippen LogP contribution in [-0.4, -0.2) is 41.9 Å². The normalized spacial score (nSPS) is 18.5. The molecule has 0 spiro atoms. The van der Waals surface area contributed by atoms with Crippen molar-refractivity contribution >= 4 is 34.3 Å². The van der Waals surface area contributed by atoms with Crippen LogP contribution in [0.2, 0.25) is 5.02 Å². The highest BCUT2D eigenvalue weighted by molar-refractivity contribution is 6.36. The average Bonchev–Trinajstić information content (AvgIpc) is 3.13. The predicted octanol–water partition coefficient (Wildman–Crippen LogP) is 5.52. The molecule has 10 heteroatoms. The SMILES string of the molecule is CC(C)OC[C@@]1(C)CN=C(Nc2cc(F)c(Oc3ccnc4[nH]cc(Cl)c34)c(F)c2)OC1. The van der Waals surface area contributed by atoms with Gasteiger partial charge in [-0.15, -0.1) is 0 Å². The number of hydrogen-bond donors (Lipinski definition) is 2. The summed E-state index contributed by atoms with van der Waals surface area (Å²) in [5, 5.41) is 3.57. The summed E-state index contributed by atoms with van der Waals surface area (Å²) in [6, 6.07) is 3.89. The molecule has 1 aliphatic rings. The fourth-order valence-corrected chi connectivity index (χ4v) is 3.40. The number of ether oxygens (including phenoxy) is 3. The molecule has 2 N–H and O–H groups in total. The summed E-state index contributed by atoms with van der Waals surface area (Å²) >= 11 is 6.13. The molecule has 0 fully saturated rings. The zero-order valence-corrected chi connectivity index (χ0v) is 18.6. The van der Waals surface area contributed by atoms with Crippen LogP contribution in [0.25, 0.3) is 11.0 Å². The van der Waals surface area contributed by atoms with Gasteiger partial charge in [0.05, 0.1) is 29.7 Å². The minimum Gasteiger partial charge on any atom is -0.464 e. The van der Waals surface area contributed by atoms with E-state index < -0.39 is 17.4 Å².